The van der Waals surface area contributed by atoms with E-state index in [1.807, 2.05) is 0 Å². The lowest BCUT2D eigenvalue weighted by molar-refractivity contribution is 0.0887. The molecule has 28 heavy (non-hydrogen) atoms. The van der Waals surface area contributed by atoms with Gasteiger partial charge in [-0.15, -0.1) is 0 Å². The second-order valence-electron chi connectivity index (χ2n) is 11.6. The van der Waals surface area contributed by atoms with Gasteiger partial charge in [0, 0.05) is 0 Å². The second kappa shape index (κ2) is 10.2. The van der Waals surface area contributed by atoms with Crippen LogP contribution in [0.3, 0.4) is 0 Å². The van der Waals surface area contributed by atoms with E-state index in [9.17, 15) is 0 Å². The summed E-state index contributed by atoms with van der Waals surface area (Å²) in [5.74, 6) is 8.49. The van der Waals surface area contributed by atoms with Crippen molar-refractivity contribution >= 4 is 0 Å². The third-order valence-electron chi connectivity index (χ3n) is 9.97. The molecule has 4 aliphatic rings. The highest BCUT2D eigenvalue weighted by Gasteiger charge is 2.36. The van der Waals surface area contributed by atoms with Crippen molar-refractivity contribution in [1.29, 1.82) is 0 Å². The van der Waals surface area contributed by atoms with Crippen LogP contribution in [-0.4, -0.2) is 0 Å². The largest absolute Gasteiger partial charge is 0.0914 e. The summed E-state index contributed by atoms with van der Waals surface area (Å²) in [6.07, 6.45) is 29.5. The molecule has 0 aliphatic heterocycles. The lowest BCUT2D eigenvalue weighted by atomic mass is 9.63. The van der Waals surface area contributed by atoms with E-state index in [0.717, 1.165) is 47.3 Å². The number of hydrogen-bond acceptors (Lipinski definition) is 0. The van der Waals surface area contributed by atoms with E-state index in [1.54, 1.807) is 64.2 Å². The molecule has 4 saturated carbocycles. The zero-order valence-electron chi connectivity index (χ0n) is 19.1. The third-order valence-corrected chi connectivity index (χ3v) is 9.97. The molecule has 4 rings (SSSR count). The summed E-state index contributed by atoms with van der Waals surface area (Å²) in [4.78, 5) is 0. The van der Waals surface area contributed by atoms with Gasteiger partial charge < -0.3 is 0 Å². The van der Waals surface area contributed by atoms with E-state index in [1.165, 1.54) is 38.5 Å². The molecule has 0 unspecified atom stereocenters. The second-order valence-corrected chi connectivity index (χ2v) is 11.6. The molecule has 0 radical (unpaired) electrons. The van der Waals surface area contributed by atoms with Crippen LogP contribution >= 0.6 is 0 Å². The molecule has 0 amide bonds. The fourth-order valence-electron chi connectivity index (χ4n) is 8.01. The highest BCUT2D eigenvalue weighted by atomic mass is 14.4. The summed E-state index contributed by atoms with van der Waals surface area (Å²) >= 11 is 0. The Morgan fingerprint density at radius 1 is 0.429 bits per heavy atom. The fraction of sp³-hybridized carbons (Fsp3) is 0.929. The molecule has 0 spiro atoms. The molecule has 0 bridgehead atoms. The molecule has 0 N–H and O–H groups in total. The molecule has 0 heterocycles. The molecule has 0 nitrogen and oxygen atoms in total. The lowest BCUT2D eigenvalue weighted by Gasteiger charge is -2.43. The monoisotopic (exact) mass is 384 g/mol. The standard InChI is InChI=1S/C28H48/c1-3-4-22-7-11-24(12-8-22)26-15-19-28(20-16-26)27-17-13-25(14-18-27)23-9-5-21(2)6-10-23/h3-4,21-28H,5-20H2,1-2H3/b4-3+. The maximum atomic E-state index is 2.47. The summed E-state index contributed by atoms with van der Waals surface area (Å²) in [7, 11) is 0. The molecule has 0 aromatic rings. The minimum absolute atomic E-state index is 0.903. The van der Waals surface area contributed by atoms with Crippen molar-refractivity contribution in [1.82, 2.24) is 0 Å². The van der Waals surface area contributed by atoms with E-state index >= 15 is 0 Å². The summed E-state index contributed by atoms with van der Waals surface area (Å²) in [6, 6.07) is 0. The SMILES string of the molecule is C/C=C/C1CCC(C2CCC(C3CCC(C4CCC(C)CC4)CC3)CC2)CC1. The summed E-state index contributed by atoms with van der Waals surface area (Å²) < 4.78 is 0. The Hall–Kier alpha value is -0.260. The van der Waals surface area contributed by atoms with Gasteiger partial charge in [-0.05, 0) is 144 Å². The molecular weight excluding hydrogens is 336 g/mol. The molecule has 0 saturated heterocycles. The van der Waals surface area contributed by atoms with Gasteiger partial charge in [0.1, 0.15) is 0 Å². The predicted molar refractivity (Wildman–Crippen MR) is 122 cm³/mol. The first-order valence-corrected chi connectivity index (χ1v) is 13.4. The predicted octanol–water partition coefficient (Wildman–Crippen LogP) is 8.81. The van der Waals surface area contributed by atoms with E-state index in [4.69, 9.17) is 0 Å². The number of allylic oxidation sites excluding steroid dienone is 2. The summed E-state index contributed by atoms with van der Waals surface area (Å²) in [5, 5.41) is 0. The molecule has 4 fully saturated rings. The number of rotatable bonds is 4. The van der Waals surface area contributed by atoms with Gasteiger partial charge in [0.25, 0.3) is 0 Å². The molecule has 0 heteroatoms. The van der Waals surface area contributed by atoms with Crippen LogP contribution < -0.4 is 0 Å². The topological polar surface area (TPSA) is 0 Å². The van der Waals surface area contributed by atoms with Crippen LogP contribution in [0.15, 0.2) is 12.2 Å². The van der Waals surface area contributed by atoms with Gasteiger partial charge in [-0.2, -0.15) is 0 Å². The molecule has 4 aliphatic carbocycles. The van der Waals surface area contributed by atoms with E-state index in [0.29, 0.717) is 0 Å². The normalized spacial score (nSPS) is 45.9. The highest BCUT2D eigenvalue weighted by molar-refractivity contribution is 4.91. The Labute approximate surface area is 176 Å². The van der Waals surface area contributed by atoms with Gasteiger partial charge >= 0.3 is 0 Å². The van der Waals surface area contributed by atoms with Crippen molar-refractivity contribution in [3.63, 3.8) is 0 Å². The van der Waals surface area contributed by atoms with Crippen LogP contribution in [-0.2, 0) is 0 Å². The number of hydrogen-bond donors (Lipinski definition) is 0. The quantitative estimate of drug-likeness (QED) is 0.425. The Balaban J connectivity index is 1.16. The third kappa shape index (κ3) is 5.26. The summed E-state index contributed by atoms with van der Waals surface area (Å²) in [5.41, 5.74) is 0. The van der Waals surface area contributed by atoms with Crippen molar-refractivity contribution in [2.45, 2.75) is 117 Å². The van der Waals surface area contributed by atoms with Crippen LogP contribution in [0, 0.1) is 47.3 Å². The van der Waals surface area contributed by atoms with Crippen molar-refractivity contribution in [3.8, 4) is 0 Å². The van der Waals surface area contributed by atoms with Crippen LogP contribution in [0.1, 0.15) is 117 Å². The van der Waals surface area contributed by atoms with Crippen molar-refractivity contribution in [3.05, 3.63) is 12.2 Å². The Kier molecular flexibility index (Phi) is 7.62. The minimum Gasteiger partial charge on any atom is -0.0914 e. The van der Waals surface area contributed by atoms with Gasteiger partial charge in [-0.25, -0.2) is 0 Å². The minimum atomic E-state index is 0.903. The van der Waals surface area contributed by atoms with E-state index in [2.05, 4.69) is 26.0 Å². The molecule has 0 atom stereocenters. The van der Waals surface area contributed by atoms with Gasteiger partial charge in [-0.1, -0.05) is 31.9 Å². The average molecular weight is 385 g/mol. The molecular formula is C28H48. The van der Waals surface area contributed by atoms with Gasteiger partial charge in [0.15, 0.2) is 0 Å². The Morgan fingerprint density at radius 2 is 0.714 bits per heavy atom. The maximum Gasteiger partial charge on any atom is -0.0233 e. The van der Waals surface area contributed by atoms with Gasteiger partial charge in [0.05, 0.1) is 0 Å². The van der Waals surface area contributed by atoms with E-state index < -0.39 is 0 Å². The van der Waals surface area contributed by atoms with Gasteiger partial charge in [0.2, 0.25) is 0 Å². The first-order chi connectivity index (χ1) is 13.7. The fourth-order valence-corrected chi connectivity index (χ4v) is 8.01. The van der Waals surface area contributed by atoms with Crippen molar-refractivity contribution in [2.75, 3.05) is 0 Å². The molecule has 0 aromatic heterocycles. The average Bonchev–Trinajstić information content (AvgIpc) is 2.75. The molecule has 160 valence electrons. The smallest absolute Gasteiger partial charge is 0.0233 e. The van der Waals surface area contributed by atoms with E-state index in [-0.39, 0.29) is 0 Å². The van der Waals surface area contributed by atoms with Crippen molar-refractivity contribution < 1.29 is 0 Å². The Morgan fingerprint density at radius 3 is 1.04 bits per heavy atom. The first-order valence-electron chi connectivity index (χ1n) is 13.4. The van der Waals surface area contributed by atoms with Crippen LogP contribution in [0.5, 0.6) is 0 Å². The summed E-state index contributed by atoms with van der Waals surface area (Å²) in [6.45, 7) is 4.66. The Bertz CT molecular complexity index is 458. The zero-order chi connectivity index (χ0) is 19.3. The highest BCUT2D eigenvalue weighted by Crippen LogP contribution is 2.48. The van der Waals surface area contributed by atoms with Crippen molar-refractivity contribution in [2.24, 2.45) is 47.3 Å². The van der Waals surface area contributed by atoms with Crippen LogP contribution in [0.4, 0.5) is 0 Å². The zero-order valence-corrected chi connectivity index (χ0v) is 19.1. The van der Waals surface area contributed by atoms with Crippen LogP contribution in [0.25, 0.3) is 0 Å². The first kappa shape index (κ1) is 21.0. The lowest BCUT2D eigenvalue weighted by Crippen LogP contribution is -2.31. The van der Waals surface area contributed by atoms with Gasteiger partial charge in [-0.3, -0.25) is 0 Å². The van der Waals surface area contributed by atoms with Crippen LogP contribution in [0.2, 0.25) is 0 Å². The molecule has 0 aromatic carbocycles. The maximum absolute atomic E-state index is 2.47.